The number of anilines is 8. The highest BCUT2D eigenvalue weighted by Crippen LogP contribution is 2.63. The zero-order valence-corrected chi connectivity index (χ0v) is 22.2. The van der Waals surface area contributed by atoms with Crippen molar-refractivity contribution >= 4 is 45.8 Å². The second-order valence-corrected chi connectivity index (χ2v) is 9.98. The van der Waals surface area contributed by atoms with E-state index in [4.69, 9.17) is 9.97 Å². The molecule has 0 saturated carbocycles. The molecule has 2 aliphatic rings. The largest absolute Gasteiger partial charge is 0.298 e. The van der Waals surface area contributed by atoms with Gasteiger partial charge in [-0.25, -0.2) is 9.97 Å². The maximum atomic E-state index is 5.00. The standard InChI is InChI=1S/C35H26N6/c1-5-15-27(16-6-1)38-31-23-13-14-24-32(31)39(28-17-7-2-8-18-28)35(38)40(29-19-9-3-10-20-29)33-34(37-26-25-36-33)41(35)30-21-11-4-12-22-30/h1-26H. The van der Waals surface area contributed by atoms with Crippen LogP contribution in [0.4, 0.5) is 45.8 Å². The summed E-state index contributed by atoms with van der Waals surface area (Å²) in [6.07, 6.45) is 3.55. The number of fused-ring (bicyclic) bond motifs is 2. The van der Waals surface area contributed by atoms with Crippen molar-refractivity contribution in [1.29, 1.82) is 0 Å². The predicted octanol–water partition coefficient (Wildman–Crippen LogP) is 8.37. The Morgan fingerprint density at radius 2 is 0.634 bits per heavy atom. The topological polar surface area (TPSA) is 38.7 Å². The number of para-hydroxylation sites is 6. The Bertz CT molecular complexity index is 1540. The molecule has 0 saturated heterocycles. The third-order valence-corrected chi connectivity index (χ3v) is 7.71. The van der Waals surface area contributed by atoms with E-state index in [9.17, 15) is 0 Å². The van der Waals surface area contributed by atoms with Crippen LogP contribution in [0, 0.1) is 0 Å². The van der Waals surface area contributed by atoms with Crippen molar-refractivity contribution in [3.8, 4) is 0 Å². The van der Waals surface area contributed by atoms with E-state index in [0.717, 1.165) is 45.8 Å². The molecule has 2 aliphatic heterocycles. The third-order valence-electron chi connectivity index (χ3n) is 7.71. The lowest BCUT2D eigenvalue weighted by Gasteiger charge is -2.52. The average molecular weight is 531 g/mol. The van der Waals surface area contributed by atoms with Gasteiger partial charge in [-0.1, -0.05) is 84.9 Å². The average Bonchev–Trinajstić information content (AvgIpc) is 3.51. The summed E-state index contributed by atoms with van der Waals surface area (Å²) < 4.78 is 0. The van der Waals surface area contributed by atoms with E-state index < -0.39 is 5.91 Å². The van der Waals surface area contributed by atoms with E-state index >= 15 is 0 Å². The molecule has 6 nitrogen and oxygen atoms in total. The van der Waals surface area contributed by atoms with Gasteiger partial charge in [-0.05, 0) is 60.7 Å². The molecule has 0 N–H and O–H groups in total. The van der Waals surface area contributed by atoms with Crippen molar-refractivity contribution in [2.75, 3.05) is 19.6 Å². The second-order valence-electron chi connectivity index (χ2n) is 9.98. The van der Waals surface area contributed by atoms with Crippen LogP contribution < -0.4 is 19.6 Å². The molecule has 0 fully saturated rings. The summed E-state index contributed by atoms with van der Waals surface area (Å²) in [6.45, 7) is 0. The molecule has 6 aromatic rings. The number of benzene rings is 5. The third kappa shape index (κ3) is 3.31. The monoisotopic (exact) mass is 530 g/mol. The molecule has 196 valence electrons. The maximum absolute atomic E-state index is 5.00. The smallest absolute Gasteiger partial charge is 0.280 e. The lowest BCUT2D eigenvalue weighted by Crippen LogP contribution is -2.70. The Balaban J connectivity index is 1.57. The lowest BCUT2D eigenvalue weighted by molar-refractivity contribution is 0.477. The minimum atomic E-state index is -1.00. The molecule has 6 heteroatoms. The van der Waals surface area contributed by atoms with Gasteiger partial charge in [0.25, 0.3) is 5.91 Å². The molecule has 0 aliphatic carbocycles. The molecule has 1 spiro atoms. The minimum absolute atomic E-state index is 0.775. The minimum Gasteiger partial charge on any atom is -0.280 e. The van der Waals surface area contributed by atoms with Crippen LogP contribution in [0.25, 0.3) is 0 Å². The van der Waals surface area contributed by atoms with Crippen LogP contribution in [0.2, 0.25) is 0 Å². The summed E-state index contributed by atoms with van der Waals surface area (Å²) in [5.74, 6) is 0.549. The highest BCUT2D eigenvalue weighted by molar-refractivity contribution is 6.00. The predicted molar refractivity (Wildman–Crippen MR) is 166 cm³/mol. The summed E-state index contributed by atoms with van der Waals surface area (Å²) >= 11 is 0. The molecular weight excluding hydrogens is 504 g/mol. The molecule has 0 atom stereocenters. The fourth-order valence-electron chi connectivity index (χ4n) is 6.21. The molecule has 0 unspecified atom stereocenters. The van der Waals surface area contributed by atoms with Gasteiger partial charge in [0, 0.05) is 35.1 Å². The highest BCUT2D eigenvalue weighted by Gasteiger charge is 2.65. The first-order valence-electron chi connectivity index (χ1n) is 13.7. The highest BCUT2D eigenvalue weighted by atomic mass is 15.8. The Morgan fingerprint density at radius 1 is 0.341 bits per heavy atom. The maximum Gasteiger partial charge on any atom is 0.298 e. The second kappa shape index (κ2) is 9.24. The van der Waals surface area contributed by atoms with Gasteiger partial charge in [-0.15, -0.1) is 0 Å². The van der Waals surface area contributed by atoms with Crippen molar-refractivity contribution in [1.82, 2.24) is 9.97 Å². The van der Waals surface area contributed by atoms with Gasteiger partial charge >= 0.3 is 0 Å². The summed E-state index contributed by atoms with van der Waals surface area (Å²) in [4.78, 5) is 19.5. The van der Waals surface area contributed by atoms with E-state index in [0.29, 0.717) is 0 Å². The van der Waals surface area contributed by atoms with Crippen LogP contribution >= 0.6 is 0 Å². The van der Waals surface area contributed by atoms with Gasteiger partial charge in [0.15, 0.2) is 11.6 Å². The number of aromatic nitrogens is 2. The summed E-state index contributed by atoms with van der Waals surface area (Å²) in [5, 5.41) is 0. The van der Waals surface area contributed by atoms with Gasteiger partial charge in [-0.3, -0.25) is 19.6 Å². The molecule has 0 bridgehead atoms. The van der Waals surface area contributed by atoms with Crippen molar-refractivity contribution in [3.05, 3.63) is 158 Å². The van der Waals surface area contributed by atoms with Crippen LogP contribution in [0.1, 0.15) is 0 Å². The molecule has 0 radical (unpaired) electrons. The first-order chi connectivity index (χ1) is 20.4. The zero-order chi connectivity index (χ0) is 27.2. The molecule has 5 aromatic carbocycles. The molecule has 41 heavy (non-hydrogen) atoms. The van der Waals surface area contributed by atoms with Gasteiger partial charge in [0.05, 0.1) is 11.4 Å². The fraction of sp³-hybridized carbons (Fsp3) is 0.0286. The quantitative estimate of drug-likeness (QED) is 0.228. The molecule has 1 aromatic heterocycles. The molecule has 3 heterocycles. The summed E-state index contributed by atoms with van der Waals surface area (Å²) in [6, 6.07) is 50.7. The SMILES string of the molecule is c1ccc(N2c3ccccc3N(c3ccccc3)C23N(c2ccccc2)c2nccnc2N3c2ccccc2)cc1. The Labute approximate surface area is 239 Å². The normalized spacial score (nSPS) is 14.8. The van der Waals surface area contributed by atoms with Crippen molar-refractivity contribution in [3.63, 3.8) is 0 Å². The van der Waals surface area contributed by atoms with Crippen LogP contribution in [-0.4, -0.2) is 15.9 Å². The van der Waals surface area contributed by atoms with Crippen molar-refractivity contribution < 1.29 is 0 Å². The summed E-state index contributed by atoms with van der Waals surface area (Å²) in [7, 11) is 0. The van der Waals surface area contributed by atoms with Gasteiger partial charge < -0.3 is 0 Å². The van der Waals surface area contributed by atoms with E-state index in [-0.39, 0.29) is 0 Å². The molecule has 0 amide bonds. The van der Waals surface area contributed by atoms with Crippen LogP contribution in [0.3, 0.4) is 0 Å². The Morgan fingerprint density at radius 3 is 0.976 bits per heavy atom. The fourth-order valence-corrected chi connectivity index (χ4v) is 6.21. The van der Waals surface area contributed by atoms with Gasteiger partial charge in [0.1, 0.15) is 0 Å². The van der Waals surface area contributed by atoms with E-state index in [1.54, 1.807) is 12.4 Å². The van der Waals surface area contributed by atoms with Gasteiger partial charge in [0.2, 0.25) is 0 Å². The van der Waals surface area contributed by atoms with Crippen molar-refractivity contribution in [2.24, 2.45) is 0 Å². The van der Waals surface area contributed by atoms with Gasteiger partial charge in [-0.2, -0.15) is 0 Å². The van der Waals surface area contributed by atoms with E-state index in [2.05, 4.69) is 153 Å². The summed E-state index contributed by atoms with van der Waals surface area (Å²) in [5.41, 5.74) is 6.26. The van der Waals surface area contributed by atoms with Crippen LogP contribution in [0.5, 0.6) is 0 Å². The van der Waals surface area contributed by atoms with Crippen LogP contribution in [-0.2, 0) is 0 Å². The Hall–Kier alpha value is -5.62. The number of rotatable bonds is 4. The van der Waals surface area contributed by atoms with Crippen molar-refractivity contribution in [2.45, 2.75) is 5.91 Å². The van der Waals surface area contributed by atoms with Crippen LogP contribution in [0.15, 0.2) is 158 Å². The first kappa shape index (κ1) is 23.3. The number of hydrogen-bond donors (Lipinski definition) is 0. The lowest BCUT2D eigenvalue weighted by atomic mass is 10.2. The number of hydrogen-bond acceptors (Lipinski definition) is 6. The molecule has 8 rings (SSSR count). The molecular formula is C35H26N6. The van der Waals surface area contributed by atoms with E-state index in [1.807, 2.05) is 12.1 Å². The Kier molecular flexibility index (Phi) is 5.25. The zero-order valence-electron chi connectivity index (χ0n) is 22.2. The first-order valence-corrected chi connectivity index (χ1v) is 13.7. The number of nitrogens with zero attached hydrogens (tertiary/aromatic N) is 6. The van der Waals surface area contributed by atoms with E-state index in [1.165, 1.54) is 0 Å².